The molecule has 0 aromatic heterocycles. The number of rotatable bonds is 2. The lowest BCUT2D eigenvalue weighted by atomic mass is 10.3. The van der Waals surface area contributed by atoms with Gasteiger partial charge in [-0.25, -0.2) is 0 Å². The molecule has 0 saturated heterocycles. The molecule has 0 amide bonds. The molecule has 0 aromatic carbocycles. The Morgan fingerprint density at radius 3 is 2.25 bits per heavy atom. The third-order valence-electron chi connectivity index (χ3n) is 0.474. The Kier molecular flexibility index (Phi) is 2.68. The maximum absolute atomic E-state index is 9.85. The molecule has 3 nitrogen and oxygen atoms in total. The number of hydrogen-bond donors (Lipinski definition) is 2. The zero-order chi connectivity index (χ0) is 6.78. The molecule has 0 aliphatic heterocycles. The second-order valence-corrected chi connectivity index (χ2v) is 4.04. The Morgan fingerprint density at radius 1 is 1.88 bits per heavy atom. The van der Waals surface area contributed by atoms with Gasteiger partial charge in [0.1, 0.15) is 3.61 Å². The van der Waals surface area contributed by atoms with Crippen molar-refractivity contribution in [2.45, 2.75) is 17.0 Å². The molecule has 0 rings (SSSR count). The van der Waals surface area contributed by atoms with E-state index in [1.807, 2.05) is 0 Å². The van der Waals surface area contributed by atoms with E-state index < -0.39 is 9.58 Å². The number of aliphatic carboxylic acids is 1. The van der Waals surface area contributed by atoms with Crippen molar-refractivity contribution in [1.82, 2.24) is 0 Å². The van der Waals surface area contributed by atoms with Crippen LogP contribution >= 0.6 is 22.6 Å². The summed E-state index contributed by atoms with van der Waals surface area (Å²) in [6.07, 6.45) is -0.215. The van der Waals surface area contributed by atoms with E-state index in [0.29, 0.717) is 0 Å². The highest BCUT2D eigenvalue weighted by atomic mass is 127. The zero-order valence-electron chi connectivity index (χ0n) is 4.39. The van der Waals surface area contributed by atoms with Gasteiger partial charge in [0.05, 0.1) is 6.42 Å². The highest BCUT2D eigenvalue weighted by molar-refractivity contribution is 14.1. The molecule has 0 spiro atoms. The lowest BCUT2D eigenvalue weighted by Gasteiger charge is -2.09. The second kappa shape index (κ2) is 2.63. The summed E-state index contributed by atoms with van der Waals surface area (Å²) in [6, 6.07) is 0. The first kappa shape index (κ1) is 8.16. The van der Waals surface area contributed by atoms with Crippen LogP contribution in [0.15, 0.2) is 0 Å². The molecule has 48 valence electrons. The van der Waals surface area contributed by atoms with Crippen LogP contribution < -0.4 is 0 Å². The van der Waals surface area contributed by atoms with Crippen LogP contribution in [0.5, 0.6) is 0 Å². The first-order chi connectivity index (χ1) is 3.42. The Morgan fingerprint density at radius 2 is 2.25 bits per heavy atom. The standard InChI is InChI=1S/C4H7IO3/c1-4(5,8)2-3(6)7/h8H,2H2,1H3,(H,6,7). The van der Waals surface area contributed by atoms with E-state index in [9.17, 15) is 4.79 Å². The third kappa shape index (κ3) is 6.16. The highest BCUT2D eigenvalue weighted by Crippen LogP contribution is 2.17. The Labute approximate surface area is 60.8 Å². The van der Waals surface area contributed by atoms with E-state index in [0.717, 1.165) is 0 Å². The lowest BCUT2D eigenvalue weighted by Crippen LogP contribution is -2.18. The SMILES string of the molecule is CC(O)(I)CC(=O)O. The van der Waals surface area contributed by atoms with Gasteiger partial charge >= 0.3 is 5.97 Å². The molecule has 1 atom stereocenters. The van der Waals surface area contributed by atoms with Crippen LogP contribution in [0.25, 0.3) is 0 Å². The Bertz CT molecular complexity index is 93.9. The topological polar surface area (TPSA) is 57.5 Å². The molecule has 0 aliphatic rings. The van der Waals surface area contributed by atoms with E-state index in [4.69, 9.17) is 10.2 Å². The monoisotopic (exact) mass is 230 g/mol. The molecule has 0 saturated carbocycles. The molecule has 1 unspecified atom stereocenters. The fourth-order valence-corrected chi connectivity index (χ4v) is 0.602. The van der Waals surface area contributed by atoms with Crippen LogP contribution in [-0.2, 0) is 4.79 Å². The van der Waals surface area contributed by atoms with E-state index in [1.54, 1.807) is 22.6 Å². The molecule has 0 radical (unpaired) electrons. The number of aliphatic hydroxyl groups is 1. The molecule has 0 aliphatic carbocycles. The maximum atomic E-state index is 9.85. The van der Waals surface area contributed by atoms with Gasteiger partial charge in [-0.3, -0.25) is 4.79 Å². The summed E-state index contributed by atoms with van der Waals surface area (Å²) in [5.41, 5.74) is 0. The van der Waals surface area contributed by atoms with Crippen molar-refractivity contribution in [2.24, 2.45) is 0 Å². The van der Waals surface area contributed by atoms with Crippen LogP contribution in [0.1, 0.15) is 13.3 Å². The summed E-state index contributed by atoms with van der Waals surface area (Å²) >= 11 is 1.67. The van der Waals surface area contributed by atoms with Crippen molar-refractivity contribution >= 4 is 28.6 Å². The minimum atomic E-state index is -1.11. The minimum absolute atomic E-state index is 0.215. The summed E-state index contributed by atoms with van der Waals surface area (Å²) in [7, 11) is 0. The van der Waals surface area contributed by atoms with Gasteiger partial charge < -0.3 is 10.2 Å². The van der Waals surface area contributed by atoms with Crippen molar-refractivity contribution in [3.05, 3.63) is 0 Å². The van der Waals surface area contributed by atoms with Crippen LogP contribution in [0, 0.1) is 0 Å². The Hall–Kier alpha value is 0.160. The molecule has 2 N–H and O–H groups in total. The average Bonchev–Trinajstić information content (AvgIpc) is 1.21. The summed E-state index contributed by atoms with van der Waals surface area (Å²) in [5, 5.41) is 16.9. The van der Waals surface area contributed by atoms with Gasteiger partial charge in [0, 0.05) is 0 Å². The van der Waals surface area contributed by atoms with Gasteiger partial charge in [0.15, 0.2) is 0 Å². The van der Waals surface area contributed by atoms with Gasteiger partial charge in [-0.15, -0.1) is 0 Å². The number of alkyl halides is 1. The lowest BCUT2D eigenvalue weighted by molar-refractivity contribution is -0.139. The van der Waals surface area contributed by atoms with E-state index >= 15 is 0 Å². The molecule has 0 aromatic rings. The largest absolute Gasteiger partial charge is 0.481 e. The van der Waals surface area contributed by atoms with Gasteiger partial charge in [0.25, 0.3) is 0 Å². The predicted octanol–water partition coefficient (Wildman–Crippen LogP) is 0.605. The molecule has 4 heteroatoms. The molecule has 0 fully saturated rings. The predicted molar refractivity (Wildman–Crippen MR) is 36.9 cm³/mol. The third-order valence-corrected chi connectivity index (χ3v) is 0.855. The summed E-state index contributed by atoms with van der Waals surface area (Å²) in [5.74, 6) is -0.982. The Balaban J connectivity index is 3.55. The summed E-state index contributed by atoms with van der Waals surface area (Å²) in [6.45, 7) is 1.45. The maximum Gasteiger partial charge on any atom is 0.307 e. The highest BCUT2D eigenvalue weighted by Gasteiger charge is 2.18. The van der Waals surface area contributed by atoms with Crippen LogP contribution in [0.4, 0.5) is 0 Å². The van der Waals surface area contributed by atoms with Crippen LogP contribution in [0.2, 0.25) is 0 Å². The number of hydrogen-bond acceptors (Lipinski definition) is 2. The van der Waals surface area contributed by atoms with Crippen molar-refractivity contribution in [2.75, 3.05) is 0 Å². The van der Waals surface area contributed by atoms with Crippen molar-refractivity contribution < 1.29 is 15.0 Å². The van der Waals surface area contributed by atoms with E-state index in [1.165, 1.54) is 6.92 Å². The zero-order valence-corrected chi connectivity index (χ0v) is 6.55. The number of halogens is 1. The van der Waals surface area contributed by atoms with E-state index in [2.05, 4.69) is 0 Å². The fraction of sp³-hybridized carbons (Fsp3) is 0.750. The van der Waals surface area contributed by atoms with Crippen LogP contribution in [0.3, 0.4) is 0 Å². The van der Waals surface area contributed by atoms with E-state index in [-0.39, 0.29) is 6.42 Å². The summed E-state index contributed by atoms with van der Waals surface area (Å²) in [4.78, 5) is 9.85. The van der Waals surface area contributed by atoms with Crippen molar-refractivity contribution in [3.8, 4) is 0 Å². The summed E-state index contributed by atoms with van der Waals surface area (Å²) < 4.78 is -1.11. The molecule has 0 heterocycles. The normalized spacial score (nSPS) is 17.4. The smallest absolute Gasteiger partial charge is 0.307 e. The molecular weight excluding hydrogens is 223 g/mol. The first-order valence-electron chi connectivity index (χ1n) is 2.05. The molecular formula is C4H7IO3. The second-order valence-electron chi connectivity index (χ2n) is 1.71. The quantitative estimate of drug-likeness (QED) is 0.539. The number of carboxylic acid groups (broad SMARTS) is 1. The average molecular weight is 230 g/mol. The van der Waals surface area contributed by atoms with Gasteiger partial charge in [-0.1, -0.05) is 0 Å². The van der Waals surface area contributed by atoms with Gasteiger partial charge in [-0.2, -0.15) is 0 Å². The fourth-order valence-electron chi connectivity index (χ4n) is 0.276. The van der Waals surface area contributed by atoms with Crippen molar-refractivity contribution in [1.29, 1.82) is 0 Å². The number of carboxylic acids is 1. The van der Waals surface area contributed by atoms with Gasteiger partial charge in [0.2, 0.25) is 0 Å². The first-order valence-corrected chi connectivity index (χ1v) is 3.13. The van der Waals surface area contributed by atoms with Crippen molar-refractivity contribution in [3.63, 3.8) is 0 Å². The van der Waals surface area contributed by atoms with Gasteiger partial charge in [-0.05, 0) is 29.5 Å². The molecule has 8 heavy (non-hydrogen) atoms. The van der Waals surface area contributed by atoms with Crippen LogP contribution in [-0.4, -0.2) is 19.8 Å². The minimum Gasteiger partial charge on any atom is -0.481 e. The number of carbonyl (C=O) groups is 1. The molecule has 0 bridgehead atoms.